The Labute approximate surface area is 200 Å². The van der Waals surface area contributed by atoms with Gasteiger partial charge in [-0.3, -0.25) is 35.9 Å². The average Bonchev–Trinajstić information content (AvgIpc) is 2.69. The number of hydrogen-bond donors (Lipinski definition) is 4. The Balaban J connectivity index is 1.80. The second-order valence-electron chi connectivity index (χ2n) is 9.32. The molecule has 1 aromatic heterocycles. The molecule has 2 aromatic rings. The molecule has 34 heavy (non-hydrogen) atoms. The van der Waals surface area contributed by atoms with Crippen molar-refractivity contribution >= 4 is 40.5 Å². The van der Waals surface area contributed by atoms with Crippen molar-refractivity contribution in [3.05, 3.63) is 55.3 Å². The predicted molar refractivity (Wildman–Crippen MR) is 126 cm³/mol. The second-order valence-corrected chi connectivity index (χ2v) is 9.73. The van der Waals surface area contributed by atoms with Crippen LogP contribution in [0.1, 0.15) is 50.9 Å². The first kappa shape index (κ1) is 25.1. The van der Waals surface area contributed by atoms with Crippen LogP contribution in [0.3, 0.4) is 0 Å². The molecule has 13 nitrogen and oxygen atoms in total. The summed E-state index contributed by atoms with van der Waals surface area (Å²) >= 11 is 5.77. The summed E-state index contributed by atoms with van der Waals surface area (Å²) in [6.07, 6.45) is 2.53. The van der Waals surface area contributed by atoms with E-state index < -0.39 is 27.1 Å². The number of hydrazine groups is 1. The summed E-state index contributed by atoms with van der Waals surface area (Å²) in [4.78, 5) is 41.9. The normalized spacial score (nSPS) is 17.0. The topological polar surface area (TPSA) is 177 Å². The zero-order valence-corrected chi connectivity index (χ0v) is 19.8. The fourth-order valence-corrected chi connectivity index (χ4v) is 4.54. The molecule has 1 aromatic carbocycles. The summed E-state index contributed by atoms with van der Waals surface area (Å²) in [5.74, 6) is -1.01. The number of aromatic nitrogens is 2. The number of rotatable bonds is 7. The molecule has 0 atom stereocenters. The minimum atomic E-state index is -0.774. The number of amides is 1. The molecule has 4 N–H and O–H groups in total. The van der Waals surface area contributed by atoms with Crippen LogP contribution in [0.5, 0.6) is 0 Å². The van der Waals surface area contributed by atoms with E-state index in [9.17, 15) is 25.0 Å². The Bertz CT molecular complexity index is 1120. The summed E-state index contributed by atoms with van der Waals surface area (Å²) in [6, 6.07) is 3.40. The lowest BCUT2D eigenvalue weighted by Crippen LogP contribution is -2.60. The van der Waals surface area contributed by atoms with Gasteiger partial charge in [0.25, 0.3) is 11.6 Å². The molecule has 3 rings (SSSR count). The minimum absolute atomic E-state index is 0.0115. The molecule has 14 heteroatoms. The Morgan fingerprint density at radius 1 is 1.09 bits per heavy atom. The maximum atomic E-state index is 12.5. The van der Waals surface area contributed by atoms with Crippen LogP contribution < -0.4 is 21.5 Å². The van der Waals surface area contributed by atoms with Crippen LogP contribution in [0.4, 0.5) is 23.0 Å². The average molecular weight is 493 g/mol. The van der Waals surface area contributed by atoms with E-state index in [1.54, 1.807) is 0 Å². The molecular formula is C20H25ClN8O5. The van der Waals surface area contributed by atoms with E-state index in [0.29, 0.717) is 12.8 Å². The van der Waals surface area contributed by atoms with Crippen molar-refractivity contribution < 1.29 is 14.6 Å². The highest BCUT2D eigenvalue weighted by Gasteiger charge is 2.38. The summed E-state index contributed by atoms with van der Waals surface area (Å²) in [6.45, 7) is 8.22. The first-order chi connectivity index (χ1) is 15.8. The van der Waals surface area contributed by atoms with Gasteiger partial charge in [-0.1, -0.05) is 11.6 Å². The lowest BCUT2D eigenvalue weighted by atomic mass is 9.79. The van der Waals surface area contributed by atoms with E-state index in [2.05, 4.69) is 59.1 Å². The Kier molecular flexibility index (Phi) is 6.89. The van der Waals surface area contributed by atoms with Gasteiger partial charge >= 0.3 is 5.69 Å². The minimum Gasteiger partial charge on any atom is -0.361 e. The first-order valence-corrected chi connectivity index (χ1v) is 10.7. The SMILES string of the molecule is CC1(C)CC(Nc2ncnc(NNC(=O)c3ccc(Cl)c([N+](=O)[O-])c3)c2[N+](=O)[O-])CC(C)(C)N1. The van der Waals surface area contributed by atoms with Crippen LogP contribution in [-0.2, 0) is 0 Å². The number of nitro groups is 2. The van der Waals surface area contributed by atoms with E-state index in [-0.39, 0.29) is 39.3 Å². The molecule has 0 spiro atoms. The number of carbonyl (C=O) groups is 1. The van der Waals surface area contributed by atoms with Crippen LogP contribution in [-0.4, -0.2) is 42.8 Å². The largest absolute Gasteiger partial charge is 0.361 e. The van der Waals surface area contributed by atoms with Crippen molar-refractivity contribution in [1.29, 1.82) is 0 Å². The molecule has 182 valence electrons. The van der Waals surface area contributed by atoms with Gasteiger partial charge in [-0.25, -0.2) is 9.97 Å². The van der Waals surface area contributed by atoms with Gasteiger partial charge in [-0.2, -0.15) is 0 Å². The fourth-order valence-electron chi connectivity index (χ4n) is 4.35. The molecule has 1 fully saturated rings. The Hall–Kier alpha value is -3.58. The van der Waals surface area contributed by atoms with E-state index >= 15 is 0 Å². The molecule has 1 aliphatic rings. The zero-order valence-electron chi connectivity index (χ0n) is 19.0. The Morgan fingerprint density at radius 3 is 2.29 bits per heavy atom. The number of halogens is 1. The van der Waals surface area contributed by atoms with Gasteiger partial charge in [0, 0.05) is 28.7 Å². The summed E-state index contributed by atoms with van der Waals surface area (Å²) in [7, 11) is 0. The summed E-state index contributed by atoms with van der Waals surface area (Å²) < 4.78 is 0. The molecule has 1 saturated heterocycles. The van der Waals surface area contributed by atoms with E-state index in [1.165, 1.54) is 12.1 Å². The van der Waals surface area contributed by atoms with Crippen LogP contribution in [0.15, 0.2) is 24.5 Å². The number of anilines is 2. The predicted octanol–water partition coefficient (Wildman–Crippen LogP) is 3.42. The lowest BCUT2D eigenvalue weighted by Gasteiger charge is -2.46. The quantitative estimate of drug-likeness (QED) is 0.330. The van der Waals surface area contributed by atoms with Gasteiger partial charge in [-0.05, 0) is 52.7 Å². The summed E-state index contributed by atoms with van der Waals surface area (Å²) in [5, 5.41) is 29.5. The molecule has 2 heterocycles. The monoisotopic (exact) mass is 492 g/mol. The van der Waals surface area contributed by atoms with Crippen molar-refractivity contribution in [1.82, 2.24) is 20.7 Å². The van der Waals surface area contributed by atoms with Crippen molar-refractivity contribution in [2.75, 3.05) is 10.7 Å². The Morgan fingerprint density at radius 2 is 1.71 bits per heavy atom. The number of nitro benzene ring substituents is 1. The number of nitrogens with one attached hydrogen (secondary N) is 4. The molecule has 0 unspecified atom stereocenters. The van der Waals surface area contributed by atoms with E-state index in [0.717, 1.165) is 12.4 Å². The van der Waals surface area contributed by atoms with Gasteiger partial charge in [0.05, 0.1) is 9.85 Å². The highest BCUT2D eigenvalue weighted by Crippen LogP contribution is 2.34. The molecule has 0 aliphatic carbocycles. The molecular weight excluding hydrogens is 468 g/mol. The van der Waals surface area contributed by atoms with Gasteiger partial charge in [0.2, 0.25) is 11.6 Å². The van der Waals surface area contributed by atoms with Crippen LogP contribution >= 0.6 is 11.6 Å². The third-order valence-electron chi connectivity index (χ3n) is 5.24. The highest BCUT2D eigenvalue weighted by atomic mass is 35.5. The maximum absolute atomic E-state index is 12.5. The van der Waals surface area contributed by atoms with E-state index in [1.807, 2.05) is 0 Å². The molecule has 0 bridgehead atoms. The number of hydrogen-bond acceptors (Lipinski definition) is 10. The van der Waals surface area contributed by atoms with Crippen LogP contribution in [0.2, 0.25) is 5.02 Å². The first-order valence-electron chi connectivity index (χ1n) is 10.3. The fraction of sp³-hybridized carbons (Fsp3) is 0.450. The molecule has 1 amide bonds. The molecule has 0 saturated carbocycles. The zero-order chi connectivity index (χ0) is 25.3. The van der Waals surface area contributed by atoms with E-state index in [4.69, 9.17) is 11.6 Å². The van der Waals surface area contributed by atoms with Crippen LogP contribution in [0, 0.1) is 20.2 Å². The van der Waals surface area contributed by atoms with Crippen molar-refractivity contribution in [3.8, 4) is 0 Å². The summed E-state index contributed by atoms with van der Waals surface area (Å²) in [5.41, 5.74) is 3.33. The molecule has 1 aliphatic heterocycles. The van der Waals surface area contributed by atoms with Gasteiger partial charge in [0.15, 0.2) is 0 Å². The number of benzene rings is 1. The third kappa shape index (κ3) is 5.85. The van der Waals surface area contributed by atoms with Crippen LogP contribution in [0.25, 0.3) is 0 Å². The van der Waals surface area contributed by atoms with Gasteiger partial charge in [0.1, 0.15) is 11.3 Å². The van der Waals surface area contributed by atoms with Crippen molar-refractivity contribution in [3.63, 3.8) is 0 Å². The third-order valence-corrected chi connectivity index (χ3v) is 5.55. The van der Waals surface area contributed by atoms with Crippen molar-refractivity contribution in [2.45, 2.75) is 57.7 Å². The highest BCUT2D eigenvalue weighted by molar-refractivity contribution is 6.32. The standard InChI is InChI=1S/C20H25ClN8O5/c1-19(2)8-12(9-20(3,4)27-19)24-16-15(29(33)34)17(23-10-22-16)25-26-18(30)11-5-6-13(21)14(7-11)28(31)32/h5-7,10,12,27H,8-9H2,1-4H3,(H,26,30)(H2,22,23,24,25). The van der Waals surface area contributed by atoms with Gasteiger partial charge < -0.3 is 10.6 Å². The smallest absolute Gasteiger partial charge is 0.354 e. The number of carbonyl (C=O) groups excluding carboxylic acids is 1. The van der Waals surface area contributed by atoms with Crippen molar-refractivity contribution in [2.24, 2.45) is 0 Å². The lowest BCUT2D eigenvalue weighted by molar-refractivity contribution is -0.384. The molecule has 0 radical (unpaired) electrons. The van der Waals surface area contributed by atoms with Gasteiger partial charge in [-0.15, -0.1) is 0 Å². The number of piperidine rings is 1. The maximum Gasteiger partial charge on any atom is 0.354 e. The second kappa shape index (κ2) is 9.35. The number of nitrogens with zero attached hydrogens (tertiary/aromatic N) is 4.